The summed E-state index contributed by atoms with van der Waals surface area (Å²) in [6.45, 7) is 2.04. The Morgan fingerprint density at radius 1 is 1.44 bits per heavy atom. The van der Waals surface area contributed by atoms with Gasteiger partial charge in [0.15, 0.2) is 0 Å². The number of amides is 2. The molecule has 0 heterocycles. The Kier molecular flexibility index (Phi) is 4.72. The van der Waals surface area contributed by atoms with E-state index in [4.69, 9.17) is 5.11 Å². The fourth-order valence-electron chi connectivity index (χ4n) is 1.16. The highest BCUT2D eigenvalue weighted by Gasteiger charge is 2.01. The first-order chi connectivity index (χ1) is 7.63. The Hall–Kier alpha value is -1.62. The first-order valence-electron chi connectivity index (χ1n) is 5.01. The van der Waals surface area contributed by atoms with E-state index in [1.807, 2.05) is 0 Å². The Labute approximate surface area is 93.5 Å². The lowest BCUT2D eigenvalue weighted by Crippen LogP contribution is -2.36. The number of benzene rings is 1. The van der Waals surface area contributed by atoms with Crippen LogP contribution in [0.4, 0.5) is 9.18 Å². The van der Waals surface area contributed by atoms with Crippen LogP contribution < -0.4 is 10.6 Å². The van der Waals surface area contributed by atoms with Crippen molar-refractivity contribution < 1.29 is 14.3 Å². The summed E-state index contributed by atoms with van der Waals surface area (Å²) >= 11 is 0. The molecule has 1 aromatic carbocycles. The summed E-state index contributed by atoms with van der Waals surface area (Å²) in [6, 6.07) is 4.43. The summed E-state index contributed by atoms with van der Waals surface area (Å²) in [7, 11) is 0. The molecule has 0 saturated carbocycles. The minimum absolute atomic E-state index is 0.105. The number of hydrogen-bond acceptors (Lipinski definition) is 2. The zero-order valence-electron chi connectivity index (χ0n) is 9.09. The minimum Gasteiger partial charge on any atom is -0.395 e. The monoisotopic (exact) mass is 226 g/mol. The van der Waals surface area contributed by atoms with Crippen molar-refractivity contribution in [2.75, 3.05) is 13.2 Å². The molecule has 0 aliphatic rings. The molecule has 16 heavy (non-hydrogen) atoms. The van der Waals surface area contributed by atoms with Crippen LogP contribution in [0, 0.1) is 12.7 Å². The van der Waals surface area contributed by atoms with Gasteiger partial charge in [0.05, 0.1) is 6.61 Å². The van der Waals surface area contributed by atoms with Crippen LogP contribution in [-0.4, -0.2) is 24.3 Å². The topological polar surface area (TPSA) is 61.4 Å². The van der Waals surface area contributed by atoms with Crippen molar-refractivity contribution in [3.63, 3.8) is 0 Å². The number of urea groups is 1. The molecule has 0 aliphatic heterocycles. The third-order valence-corrected chi connectivity index (χ3v) is 2.09. The minimum atomic E-state index is -0.380. The van der Waals surface area contributed by atoms with Gasteiger partial charge in [0.2, 0.25) is 0 Å². The molecule has 0 spiro atoms. The largest absolute Gasteiger partial charge is 0.395 e. The molecule has 1 rings (SSSR count). The molecular formula is C11H15FN2O2. The predicted molar refractivity (Wildman–Crippen MR) is 58.5 cm³/mol. The highest BCUT2D eigenvalue weighted by atomic mass is 19.1. The first-order valence-corrected chi connectivity index (χ1v) is 5.01. The molecule has 4 nitrogen and oxygen atoms in total. The van der Waals surface area contributed by atoms with Crippen molar-refractivity contribution in [3.8, 4) is 0 Å². The van der Waals surface area contributed by atoms with Gasteiger partial charge >= 0.3 is 6.03 Å². The molecule has 0 bridgehead atoms. The molecule has 5 heteroatoms. The number of carbonyl (C=O) groups is 1. The van der Waals surface area contributed by atoms with E-state index in [9.17, 15) is 9.18 Å². The number of hydrogen-bond donors (Lipinski definition) is 3. The molecule has 0 radical (unpaired) electrons. The molecule has 0 saturated heterocycles. The molecular weight excluding hydrogens is 211 g/mol. The number of aliphatic hydroxyl groups is 1. The van der Waals surface area contributed by atoms with Crippen molar-refractivity contribution in [1.29, 1.82) is 0 Å². The molecule has 0 fully saturated rings. The van der Waals surface area contributed by atoms with Gasteiger partial charge in [-0.3, -0.25) is 0 Å². The van der Waals surface area contributed by atoms with E-state index in [1.165, 1.54) is 6.07 Å². The van der Waals surface area contributed by atoms with Crippen molar-refractivity contribution >= 4 is 6.03 Å². The van der Waals surface area contributed by atoms with Gasteiger partial charge in [-0.05, 0) is 24.1 Å². The van der Waals surface area contributed by atoms with Gasteiger partial charge in [-0.15, -0.1) is 0 Å². The second-order valence-corrected chi connectivity index (χ2v) is 3.42. The van der Waals surface area contributed by atoms with E-state index < -0.39 is 0 Å². The van der Waals surface area contributed by atoms with Crippen molar-refractivity contribution in [2.24, 2.45) is 0 Å². The van der Waals surface area contributed by atoms with E-state index in [0.717, 1.165) is 0 Å². The number of aryl methyl sites for hydroxylation is 1. The fraction of sp³-hybridized carbons (Fsp3) is 0.364. The average Bonchev–Trinajstić information content (AvgIpc) is 2.28. The second kappa shape index (κ2) is 6.07. The van der Waals surface area contributed by atoms with Crippen LogP contribution in [0.2, 0.25) is 0 Å². The van der Waals surface area contributed by atoms with Crippen LogP contribution in [0.3, 0.4) is 0 Å². The molecule has 0 unspecified atom stereocenters. The number of carbonyl (C=O) groups excluding carboxylic acids is 1. The van der Waals surface area contributed by atoms with E-state index in [2.05, 4.69) is 10.6 Å². The Morgan fingerprint density at radius 2 is 2.19 bits per heavy atom. The van der Waals surface area contributed by atoms with Crippen molar-refractivity contribution in [2.45, 2.75) is 13.5 Å². The lowest BCUT2D eigenvalue weighted by Gasteiger charge is -2.07. The van der Waals surface area contributed by atoms with Crippen LogP contribution in [0.1, 0.15) is 11.1 Å². The molecule has 1 aromatic rings. The molecule has 88 valence electrons. The summed E-state index contributed by atoms with van der Waals surface area (Å²) in [5, 5.41) is 13.5. The van der Waals surface area contributed by atoms with Crippen molar-refractivity contribution in [1.82, 2.24) is 10.6 Å². The average molecular weight is 226 g/mol. The maximum atomic E-state index is 13.1. The predicted octanol–water partition coefficient (Wildman–Crippen LogP) is 0.926. The summed E-state index contributed by atoms with van der Waals surface area (Å²) < 4.78 is 13.1. The Morgan fingerprint density at radius 3 is 2.81 bits per heavy atom. The maximum absolute atomic E-state index is 13.1. The lowest BCUT2D eigenvalue weighted by atomic mass is 10.1. The van der Waals surface area contributed by atoms with Gasteiger partial charge in [0.25, 0.3) is 0 Å². The van der Waals surface area contributed by atoms with Gasteiger partial charge in [-0.1, -0.05) is 12.1 Å². The smallest absolute Gasteiger partial charge is 0.315 e. The standard InChI is InChI=1S/C11H15FN2O2/c1-8-2-3-9(6-10(8)12)7-14-11(16)13-4-5-15/h2-3,6,15H,4-5,7H2,1H3,(H2,13,14,16). The summed E-state index contributed by atoms with van der Waals surface area (Å²) in [5.41, 5.74) is 1.27. The van der Waals surface area contributed by atoms with Crippen LogP contribution in [0.15, 0.2) is 18.2 Å². The van der Waals surface area contributed by atoms with Gasteiger partial charge in [-0.25, -0.2) is 9.18 Å². The molecule has 0 atom stereocenters. The highest BCUT2D eigenvalue weighted by molar-refractivity contribution is 5.73. The van der Waals surface area contributed by atoms with Crippen LogP contribution in [-0.2, 0) is 6.54 Å². The van der Waals surface area contributed by atoms with E-state index in [1.54, 1.807) is 19.1 Å². The van der Waals surface area contributed by atoms with E-state index >= 15 is 0 Å². The normalized spacial score (nSPS) is 9.94. The maximum Gasteiger partial charge on any atom is 0.315 e. The van der Waals surface area contributed by atoms with Gasteiger partial charge in [0, 0.05) is 13.1 Å². The number of nitrogens with one attached hydrogen (secondary N) is 2. The molecule has 0 aliphatic carbocycles. The second-order valence-electron chi connectivity index (χ2n) is 3.42. The summed E-state index contributed by atoms with van der Waals surface area (Å²) in [5.74, 6) is -0.282. The quantitative estimate of drug-likeness (QED) is 0.715. The third-order valence-electron chi connectivity index (χ3n) is 2.09. The fourth-order valence-corrected chi connectivity index (χ4v) is 1.16. The van der Waals surface area contributed by atoms with Gasteiger partial charge in [0.1, 0.15) is 5.82 Å². The number of aliphatic hydroxyl groups excluding tert-OH is 1. The van der Waals surface area contributed by atoms with Crippen LogP contribution in [0.25, 0.3) is 0 Å². The highest BCUT2D eigenvalue weighted by Crippen LogP contribution is 2.08. The van der Waals surface area contributed by atoms with Crippen LogP contribution >= 0.6 is 0 Å². The Balaban J connectivity index is 2.42. The zero-order valence-corrected chi connectivity index (χ0v) is 9.09. The SMILES string of the molecule is Cc1ccc(CNC(=O)NCCO)cc1F. The number of halogens is 1. The van der Waals surface area contributed by atoms with Crippen LogP contribution in [0.5, 0.6) is 0 Å². The zero-order chi connectivity index (χ0) is 12.0. The summed E-state index contributed by atoms with van der Waals surface area (Å²) in [6.07, 6.45) is 0. The van der Waals surface area contributed by atoms with Gasteiger partial charge < -0.3 is 15.7 Å². The summed E-state index contributed by atoms with van der Waals surface area (Å²) in [4.78, 5) is 11.1. The molecule has 3 N–H and O–H groups in total. The third kappa shape index (κ3) is 3.86. The molecule has 2 amide bonds. The van der Waals surface area contributed by atoms with E-state index in [0.29, 0.717) is 11.1 Å². The first kappa shape index (κ1) is 12.4. The van der Waals surface area contributed by atoms with Crippen molar-refractivity contribution in [3.05, 3.63) is 35.1 Å². The van der Waals surface area contributed by atoms with E-state index in [-0.39, 0.29) is 31.5 Å². The van der Waals surface area contributed by atoms with Gasteiger partial charge in [-0.2, -0.15) is 0 Å². The number of rotatable bonds is 4. The lowest BCUT2D eigenvalue weighted by molar-refractivity contribution is 0.234. The Bertz CT molecular complexity index is 369. The molecule has 0 aromatic heterocycles.